The van der Waals surface area contributed by atoms with Crippen LogP contribution >= 0.6 is 15.9 Å². The molecule has 2 unspecified atom stereocenters. The van der Waals surface area contributed by atoms with Crippen molar-refractivity contribution in [1.29, 1.82) is 1.28 Å². The molecule has 4 nitrogen and oxygen atoms in total. The lowest BCUT2D eigenvalue weighted by molar-refractivity contribution is 0.299. The standard InChI is InChI=1S/C13H28OSi.C12H26O2Si.C2H6O.2CH4.H2P2S/c1-8-9-10-12(2)11-14-15(6,7)13(3,4)5;1-11(8-7-9-13)10-14-15(5,6)12(2,3)4;1-2-3;;;1-2-3/h10H,8-9,11H2,1-7H3;8,13H,7,9-10H2,1-6H3;3H,2H2,1H3;2*1H4;1H2/p+1/b12-10-;11-8-;;;;/i/hT. The van der Waals surface area contributed by atoms with Gasteiger partial charge in [-0.15, -0.1) is 0 Å². The normalized spacial score (nSPS) is 13.1. The molecule has 0 radical (unpaired) electrons. The molecule has 0 aromatic carbocycles. The molecule has 0 aliphatic heterocycles. The van der Waals surface area contributed by atoms with Gasteiger partial charge in [-0.05, 0) is 69.9 Å². The van der Waals surface area contributed by atoms with Crippen LogP contribution in [0.2, 0.25) is 36.3 Å². The van der Waals surface area contributed by atoms with Gasteiger partial charge in [-0.1, -0.05) is 93.0 Å². The van der Waals surface area contributed by atoms with Gasteiger partial charge in [0.2, 0.25) is 0 Å². The Labute approximate surface area is 253 Å². The van der Waals surface area contributed by atoms with Crippen molar-refractivity contribution < 1.29 is 19.1 Å². The van der Waals surface area contributed by atoms with E-state index in [9.17, 15) is 0 Å². The monoisotopic (exact) mass is 635 g/mol. The molecule has 0 heterocycles. The van der Waals surface area contributed by atoms with E-state index < -0.39 is 23.6 Å². The van der Waals surface area contributed by atoms with E-state index in [1.807, 2.05) is 6.08 Å². The van der Waals surface area contributed by atoms with Crippen LogP contribution in [0.15, 0.2) is 23.3 Å². The minimum absolute atomic E-state index is 0. The Kier molecular flexibility index (Phi) is 35.5. The van der Waals surface area contributed by atoms with Gasteiger partial charge in [-0.2, -0.15) is 0 Å². The van der Waals surface area contributed by atoms with Crippen LogP contribution in [0.5, 0.6) is 0 Å². The van der Waals surface area contributed by atoms with Crippen molar-refractivity contribution in [2.75, 3.05) is 26.4 Å². The van der Waals surface area contributed by atoms with E-state index in [2.05, 4.69) is 115 Å². The van der Waals surface area contributed by atoms with E-state index in [0.717, 1.165) is 13.0 Å². The highest BCUT2D eigenvalue weighted by Gasteiger charge is 2.37. The molecular formula is C29H71O4P2SSi2+. The molecule has 0 aliphatic rings. The van der Waals surface area contributed by atoms with E-state index in [4.69, 9.17) is 20.3 Å². The minimum atomic E-state index is -1.61. The third-order valence-electron chi connectivity index (χ3n) is 6.34. The largest absolute Gasteiger partial charge is 0.413 e. The van der Waals surface area contributed by atoms with Crippen LogP contribution in [-0.2, 0) is 20.7 Å². The van der Waals surface area contributed by atoms with Gasteiger partial charge in [-0.25, -0.2) is 0 Å². The Morgan fingerprint density at radius 1 is 0.842 bits per heavy atom. The zero-order chi connectivity index (χ0) is 30.5. The SMILES string of the molecule is C.C.C/C(=C/CCO)CO[Si](C)(C)C(C)(C)C.CCC/C=C(/C)CO[Si](C)(C)C(C)(C)C.CCO.[3H][P+](P)=S. The molecule has 0 fully saturated rings. The molecule has 0 saturated heterocycles. The molecule has 0 aliphatic carbocycles. The Morgan fingerprint density at radius 3 is 1.32 bits per heavy atom. The topological polar surface area (TPSA) is 58.9 Å². The van der Waals surface area contributed by atoms with Crippen LogP contribution in [0.1, 0.15) is 103 Å². The van der Waals surface area contributed by atoms with E-state index in [1.165, 1.54) is 24.0 Å². The van der Waals surface area contributed by atoms with Gasteiger partial charge in [-0.3, -0.25) is 0 Å². The van der Waals surface area contributed by atoms with Gasteiger partial charge in [0.25, 0.3) is 0 Å². The predicted molar refractivity (Wildman–Crippen MR) is 192 cm³/mol. The zero-order valence-corrected chi connectivity index (χ0v) is 31.1. The van der Waals surface area contributed by atoms with Crippen molar-refractivity contribution in [1.82, 2.24) is 0 Å². The Bertz CT molecular complexity index is 594. The van der Waals surface area contributed by atoms with Crippen molar-refractivity contribution >= 4 is 44.4 Å². The summed E-state index contributed by atoms with van der Waals surface area (Å²) >= 11 is 4.31. The van der Waals surface area contributed by atoms with Crippen LogP contribution in [0.25, 0.3) is 0 Å². The van der Waals surface area contributed by atoms with Crippen LogP contribution in [0.3, 0.4) is 0 Å². The van der Waals surface area contributed by atoms with Crippen molar-refractivity contribution in [3.8, 4) is 0 Å². The smallest absolute Gasteiger partial charge is 0.355 e. The van der Waals surface area contributed by atoms with Gasteiger partial charge in [0, 0.05) is 13.2 Å². The molecule has 2 N–H and O–H groups in total. The molecular weight excluding hydrogens is 563 g/mol. The number of rotatable bonds is 10. The first-order chi connectivity index (χ1) is 16.6. The maximum atomic E-state index is 8.70. The Balaban J connectivity index is -0.000000108. The first-order valence-electron chi connectivity index (χ1n) is 13.5. The van der Waals surface area contributed by atoms with Crippen LogP contribution in [0.4, 0.5) is 0 Å². The van der Waals surface area contributed by atoms with Gasteiger partial charge < -0.3 is 19.1 Å². The van der Waals surface area contributed by atoms with E-state index in [-0.39, 0.29) is 33.1 Å². The molecule has 0 spiro atoms. The minimum Gasteiger partial charge on any atom is -0.413 e. The van der Waals surface area contributed by atoms with Gasteiger partial charge in [0.05, 0.1) is 22.1 Å². The molecule has 0 saturated carbocycles. The average Bonchev–Trinajstić information content (AvgIpc) is 2.72. The van der Waals surface area contributed by atoms with Crippen molar-refractivity contribution in [2.45, 2.75) is 140 Å². The number of unbranched alkanes of at least 4 members (excludes halogenated alkanes) is 1. The number of aliphatic hydroxyl groups excluding tert-OH is 2. The summed E-state index contributed by atoms with van der Waals surface area (Å²) in [7, 11) is -0.954. The summed E-state index contributed by atoms with van der Waals surface area (Å²) in [6.45, 7) is 31.9. The zero-order valence-electron chi connectivity index (χ0n) is 27.2. The van der Waals surface area contributed by atoms with E-state index in [1.54, 1.807) is 6.92 Å². The summed E-state index contributed by atoms with van der Waals surface area (Å²) in [5.74, 6) is 0. The first kappa shape index (κ1) is 48.4. The van der Waals surface area contributed by atoms with Gasteiger partial charge in [0.15, 0.2) is 35.4 Å². The molecule has 38 heavy (non-hydrogen) atoms. The molecule has 0 aromatic heterocycles. The third kappa shape index (κ3) is 31.2. The lowest BCUT2D eigenvalue weighted by atomic mass is 10.2. The highest BCUT2D eigenvalue weighted by Crippen LogP contribution is 2.37. The second-order valence-corrected chi connectivity index (χ2v) is 24.3. The van der Waals surface area contributed by atoms with E-state index in [0.29, 0.717) is 11.6 Å². The Morgan fingerprint density at radius 2 is 1.11 bits per heavy atom. The van der Waals surface area contributed by atoms with Gasteiger partial charge in [0.1, 0.15) is 0 Å². The second kappa shape index (κ2) is 27.9. The summed E-state index contributed by atoms with van der Waals surface area (Å²) in [5, 5.41) is 16.9. The lowest BCUT2D eigenvalue weighted by Gasteiger charge is -2.36. The molecule has 2 atom stereocenters. The fourth-order valence-corrected chi connectivity index (χ4v) is 3.88. The summed E-state index contributed by atoms with van der Waals surface area (Å²) in [6, 6.07) is 0. The number of allylic oxidation sites excluding steroid dienone is 1. The highest BCUT2D eigenvalue weighted by molar-refractivity contribution is 8.24. The summed E-state index contributed by atoms with van der Waals surface area (Å²) < 4.78 is 18.6. The number of aliphatic hydroxyl groups is 2. The summed E-state index contributed by atoms with van der Waals surface area (Å²) in [5.41, 5.74) is 2.59. The summed E-state index contributed by atoms with van der Waals surface area (Å²) in [4.78, 5) is 0. The maximum absolute atomic E-state index is 8.70. The van der Waals surface area contributed by atoms with Crippen molar-refractivity contribution in [3.63, 3.8) is 0 Å². The molecule has 0 aromatic rings. The van der Waals surface area contributed by atoms with Crippen LogP contribution < -0.4 is 0 Å². The lowest BCUT2D eigenvalue weighted by Crippen LogP contribution is -2.41. The molecule has 9 heteroatoms. The van der Waals surface area contributed by atoms with E-state index >= 15 is 0 Å². The van der Waals surface area contributed by atoms with Crippen molar-refractivity contribution in [2.24, 2.45) is 0 Å². The highest BCUT2D eigenvalue weighted by atomic mass is 32.6. The average molecular weight is 636 g/mol. The van der Waals surface area contributed by atoms with Gasteiger partial charge >= 0.3 is 1.28 Å². The fourth-order valence-electron chi connectivity index (χ4n) is 1.84. The molecule has 0 amide bonds. The molecule has 0 bridgehead atoms. The molecule has 0 rings (SSSR count). The fraction of sp³-hybridized carbons (Fsp3) is 0.862. The van der Waals surface area contributed by atoms with Crippen LogP contribution in [0, 0.1) is 0 Å². The predicted octanol–water partition coefficient (Wildman–Crippen LogP) is 10.3. The third-order valence-corrected chi connectivity index (χ3v) is 15.3. The summed E-state index contributed by atoms with van der Waals surface area (Å²) in [6.07, 6.45) is 7.47. The Hall–Kier alpha value is 0.704. The van der Waals surface area contributed by atoms with Crippen molar-refractivity contribution in [3.05, 3.63) is 23.3 Å². The molecule has 234 valence electrons. The first-order valence-corrected chi connectivity index (χ1v) is 22.4. The second-order valence-electron chi connectivity index (χ2n) is 11.9. The number of hydrogen-bond acceptors (Lipinski definition) is 5. The maximum Gasteiger partial charge on any atom is 0.355 e. The number of hydrogen-bond donors (Lipinski definition) is 2. The quantitative estimate of drug-likeness (QED) is 0.142. The van der Waals surface area contributed by atoms with Crippen LogP contribution in [-0.4, -0.2) is 54.6 Å².